The van der Waals surface area contributed by atoms with Gasteiger partial charge in [0.05, 0.1) is 13.2 Å². The quantitative estimate of drug-likeness (QED) is 0.784. The van der Waals surface area contributed by atoms with E-state index in [1.165, 1.54) is 0 Å². The Morgan fingerprint density at radius 3 is 2.85 bits per heavy atom. The van der Waals surface area contributed by atoms with E-state index in [1.54, 1.807) is 4.90 Å². The Hall–Kier alpha value is -1.14. The molecule has 2 fully saturated rings. The summed E-state index contributed by atoms with van der Waals surface area (Å²) in [4.78, 5) is 25.3. The van der Waals surface area contributed by atoms with Gasteiger partial charge in [-0.25, -0.2) is 4.79 Å². The van der Waals surface area contributed by atoms with Gasteiger partial charge in [0, 0.05) is 25.6 Å². The SMILES string of the molecule is CCC1CCN(C(=O)CC2COCCN2)C(C(=O)O)C1. The molecule has 0 aromatic rings. The first kappa shape index (κ1) is 15.3. The van der Waals surface area contributed by atoms with Crippen LogP contribution in [0.5, 0.6) is 0 Å². The van der Waals surface area contributed by atoms with Crippen LogP contribution in [0, 0.1) is 5.92 Å². The molecule has 2 N–H and O–H groups in total. The number of nitrogens with one attached hydrogen (secondary N) is 1. The number of morpholine rings is 1. The number of hydrogen-bond donors (Lipinski definition) is 2. The average Bonchev–Trinajstić information content (AvgIpc) is 2.47. The van der Waals surface area contributed by atoms with Crippen molar-refractivity contribution in [2.45, 2.75) is 44.7 Å². The van der Waals surface area contributed by atoms with Crippen molar-refractivity contribution in [3.05, 3.63) is 0 Å². The van der Waals surface area contributed by atoms with Gasteiger partial charge in [0.2, 0.25) is 5.91 Å². The van der Waals surface area contributed by atoms with Crippen LogP contribution in [-0.4, -0.2) is 60.3 Å². The number of carboxylic acid groups (broad SMARTS) is 1. The molecule has 2 aliphatic heterocycles. The number of carbonyl (C=O) groups excluding carboxylic acids is 1. The third-order valence-corrected chi connectivity index (χ3v) is 4.31. The second-order valence-electron chi connectivity index (χ2n) is 5.67. The van der Waals surface area contributed by atoms with E-state index < -0.39 is 12.0 Å². The second-order valence-corrected chi connectivity index (χ2v) is 5.67. The van der Waals surface area contributed by atoms with E-state index in [9.17, 15) is 14.7 Å². The molecule has 6 heteroatoms. The molecule has 2 saturated heterocycles. The summed E-state index contributed by atoms with van der Waals surface area (Å²) in [6, 6.07) is -0.652. The maximum absolute atomic E-state index is 12.3. The fraction of sp³-hybridized carbons (Fsp3) is 0.857. The molecule has 1 amide bonds. The van der Waals surface area contributed by atoms with Crippen LogP contribution in [0.2, 0.25) is 0 Å². The molecule has 0 spiro atoms. The van der Waals surface area contributed by atoms with E-state index in [-0.39, 0.29) is 11.9 Å². The van der Waals surface area contributed by atoms with Gasteiger partial charge >= 0.3 is 5.97 Å². The van der Waals surface area contributed by atoms with E-state index in [0.717, 1.165) is 19.4 Å². The highest BCUT2D eigenvalue weighted by atomic mass is 16.5. The smallest absolute Gasteiger partial charge is 0.326 e. The standard InChI is InChI=1S/C14H24N2O4/c1-2-10-3-5-16(12(7-10)14(18)19)13(17)8-11-9-20-6-4-15-11/h10-12,15H,2-9H2,1H3,(H,18,19). The van der Waals surface area contributed by atoms with Crippen molar-refractivity contribution in [1.29, 1.82) is 0 Å². The lowest BCUT2D eigenvalue weighted by Crippen LogP contribution is -2.52. The third kappa shape index (κ3) is 3.70. The minimum atomic E-state index is -0.885. The van der Waals surface area contributed by atoms with E-state index in [1.807, 2.05) is 0 Å². The maximum atomic E-state index is 12.3. The number of rotatable bonds is 4. The number of likely N-dealkylation sites (tertiary alicyclic amines) is 1. The molecule has 2 aliphatic rings. The highest BCUT2D eigenvalue weighted by molar-refractivity contribution is 5.84. The summed E-state index contributed by atoms with van der Waals surface area (Å²) in [7, 11) is 0. The molecule has 3 unspecified atom stereocenters. The first-order chi connectivity index (χ1) is 9.61. The monoisotopic (exact) mass is 284 g/mol. The van der Waals surface area contributed by atoms with Crippen molar-refractivity contribution in [1.82, 2.24) is 10.2 Å². The van der Waals surface area contributed by atoms with Gasteiger partial charge in [0.15, 0.2) is 0 Å². The number of ether oxygens (including phenoxy) is 1. The predicted molar refractivity (Wildman–Crippen MR) is 73.4 cm³/mol. The Morgan fingerprint density at radius 2 is 2.25 bits per heavy atom. The average molecular weight is 284 g/mol. The number of carbonyl (C=O) groups is 2. The van der Waals surface area contributed by atoms with Gasteiger partial charge in [0.25, 0.3) is 0 Å². The fourth-order valence-electron chi connectivity index (χ4n) is 3.02. The summed E-state index contributed by atoms with van der Waals surface area (Å²) in [6.07, 6.45) is 2.77. The van der Waals surface area contributed by atoms with Crippen LogP contribution in [0.3, 0.4) is 0 Å². The summed E-state index contributed by atoms with van der Waals surface area (Å²) in [5.74, 6) is -0.546. The summed E-state index contributed by atoms with van der Waals surface area (Å²) >= 11 is 0. The lowest BCUT2D eigenvalue weighted by Gasteiger charge is -2.38. The minimum Gasteiger partial charge on any atom is -0.480 e. The van der Waals surface area contributed by atoms with Gasteiger partial charge in [-0.05, 0) is 18.8 Å². The molecule has 3 atom stereocenters. The van der Waals surface area contributed by atoms with Crippen LogP contribution < -0.4 is 5.32 Å². The minimum absolute atomic E-state index is 0.00888. The van der Waals surface area contributed by atoms with E-state index >= 15 is 0 Å². The summed E-state index contributed by atoms with van der Waals surface area (Å²) in [5, 5.41) is 12.6. The zero-order valence-electron chi connectivity index (χ0n) is 12.0. The molecule has 20 heavy (non-hydrogen) atoms. The number of carboxylic acids is 1. The lowest BCUT2D eigenvalue weighted by molar-refractivity contribution is -0.153. The molecule has 114 valence electrons. The first-order valence-electron chi connectivity index (χ1n) is 7.45. The summed E-state index contributed by atoms with van der Waals surface area (Å²) in [5.41, 5.74) is 0. The molecule has 0 aliphatic carbocycles. The molecule has 0 aromatic heterocycles. The van der Waals surface area contributed by atoms with Crippen LogP contribution in [-0.2, 0) is 14.3 Å². The molecular formula is C14H24N2O4. The van der Waals surface area contributed by atoms with Gasteiger partial charge < -0.3 is 20.1 Å². The molecule has 0 saturated carbocycles. The van der Waals surface area contributed by atoms with Gasteiger partial charge in [-0.2, -0.15) is 0 Å². The summed E-state index contributed by atoms with van der Waals surface area (Å²) < 4.78 is 5.33. The first-order valence-corrected chi connectivity index (χ1v) is 7.45. The Morgan fingerprint density at radius 1 is 1.45 bits per heavy atom. The second kappa shape index (κ2) is 7.04. The van der Waals surface area contributed by atoms with E-state index in [2.05, 4.69) is 12.2 Å². The zero-order valence-corrected chi connectivity index (χ0v) is 12.0. The van der Waals surface area contributed by atoms with Gasteiger partial charge in [-0.1, -0.05) is 13.3 Å². The van der Waals surface area contributed by atoms with Crippen LogP contribution >= 0.6 is 0 Å². The number of aliphatic carboxylic acids is 1. The molecular weight excluding hydrogens is 260 g/mol. The molecule has 0 radical (unpaired) electrons. The normalized spacial score (nSPS) is 31.1. The molecule has 0 bridgehead atoms. The van der Waals surface area contributed by atoms with Crippen LogP contribution in [0.25, 0.3) is 0 Å². The largest absolute Gasteiger partial charge is 0.480 e. The number of nitrogens with zero attached hydrogens (tertiary/aromatic N) is 1. The molecule has 2 rings (SSSR count). The van der Waals surface area contributed by atoms with E-state index in [0.29, 0.717) is 38.5 Å². The van der Waals surface area contributed by atoms with Gasteiger partial charge in [0.1, 0.15) is 6.04 Å². The van der Waals surface area contributed by atoms with Crippen molar-refractivity contribution in [3.8, 4) is 0 Å². The predicted octanol–water partition coefficient (Wildman–Crippen LogP) is 0.467. The van der Waals surface area contributed by atoms with Gasteiger partial charge in [-0.15, -0.1) is 0 Å². The van der Waals surface area contributed by atoms with Crippen molar-refractivity contribution in [3.63, 3.8) is 0 Å². The van der Waals surface area contributed by atoms with Crippen molar-refractivity contribution >= 4 is 11.9 Å². The van der Waals surface area contributed by atoms with Crippen molar-refractivity contribution in [2.24, 2.45) is 5.92 Å². The van der Waals surface area contributed by atoms with E-state index in [4.69, 9.17) is 4.74 Å². The Bertz CT molecular complexity index is 355. The molecule has 0 aromatic carbocycles. The lowest BCUT2D eigenvalue weighted by atomic mass is 9.88. The maximum Gasteiger partial charge on any atom is 0.326 e. The van der Waals surface area contributed by atoms with Gasteiger partial charge in [-0.3, -0.25) is 4.79 Å². The van der Waals surface area contributed by atoms with Crippen LogP contribution in [0.4, 0.5) is 0 Å². The molecule has 2 heterocycles. The van der Waals surface area contributed by atoms with Crippen LogP contribution in [0.1, 0.15) is 32.6 Å². The third-order valence-electron chi connectivity index (χ3n) is 4.31. The highest BCUT2D eigenvalue weighted by Gasteiger charge is 2.36. The zero-order chi connectivity index (χ0) is 14.5. The number of hydrogen-bond acceptors (Lipinski definition) is 4. The Kier molecular flexibility index (Phi) is 5.37. The Balaban J connectivity index is 1.94. The highest BCUT2D eigenvalue weighted by Crippen LogP contribution is 2.26. The fourth-order valence-corrected chi connectivity index (χ4v) is 3.02. The van der Waals surface area contributed by atoms with Crippen LogP contribution in [0.15, 0.2) is 0 Å². The number of amides is 1. The van der Waals surface area contributed by atoms with Crippen molar-refractivity contribution in [2.75, 3.05) is 26.3 Å². The van der Waals surface area contributed by atoms with Crippen molar-refractivity contribution < 1.29 is 19.4 Å². The summed E-state index contributed by atoms with van der Waals surface area (Å²) in [6.45, 7) is 4.57. The Labute approximate surface area is 119 Å². The topological polar surface area (TPSA) is 78.9 Å². The number of piperidine rings is 1. The molecule has 6 nitrogen and oxygen atoms in total.